The third-order valence-corrected chi connectivity index (χ3v) is 3.93. The second-order valence-corrected chi connectivity index (χ2v) is 5.32. The molecule has 2 aromatic rings. The Bertz CT molecular complexity index is 661. The van der Waals surface area contributed by atoms with Gasteiger partial charge in [-0.3, -0.25) is 4.68 Å². The van der Waals surface area contributed by atoms with Crippen molar-refractivity contribution in [3.8, 4) is 5.88 Å². The van der Waals surface area contributed by atoms with Gasteiger partial charge in [0, 0.05) is 45.5 Å². The molecule has 1 fully saturated rings. The van der Waals surface area contributed by atoms with Crippen LogP contribution in [-0.4, -0.2) is 53.0 Å². The lowest BCUT2D eigenvalue weighted by Crippen LogP contribution is -2.47. The Morgan fingerprint density at radius 1 is 1.18 bits per heavy atom. The Labute approximate surface area is 129 Å². The number of rotatable bonds is 3. The first kappa shape index (κ1) is 14.4. The van der Waals surface area contributed by atoms with Gasteiger partial charge in [0.25, 0.3) is 0 Å². The first-order chi connectivity index (χ1) is 10.6. The number of aromatic nitrogens is 4. The molecule has 0 bridgehead atoms. The lowest BCUT2D eigenvalue weighted by molar-refractivity contribution is 0.396. The van der Waals surface area contributed by atoms with Gasteiger partial charge < -0.3 is 20.3 Å². The predicted octanol–water partition coefficient (Wildman–Crippen LogP) is 0.436. The summed E-state index contributed by atoms with van der Waals surface area (Å²) in [7, 11) is 3.54. The van der Waals surface area contributed by atoms with Crippen molar-refractivity contribution in [3.05, 3.63) is 18.0 Å². The highest BCUT2D eigenvalue weighted by molar-refractivity contribution is 5.66. The van der Waals surface area contributed by atoms with Crippen molar-refractivity contribution in [2.75, 3.05) is 48.8 Å². The van der Waals surface area contributed by atoms with Gasteiger partial charge in [0.2, 0.25) is 11.8 Å². The molecule has 22 heavy (non-hydrogen) atoms. The number of piperazine rings is 1. The van der Waals surface area contributed by atoms with Gasteiger partial charge in [-0.1, -0.05) is 0 Å². The SMILES string of the molecule is COc1ccnc(N2CCN(c3c(N)c(C)nn3C)CC2)n1. The molecule has 1 saturated heterocycles. The van der Waals surface area contributed by atoms with E-state index in [0.29, 0.717) is 11.8 Å². The largest absolute Gasteiger partial charge is 0.481 e. The number of nitrogens with zero attached hydrogens (tertiary/aromatic N) is 6. The molecule has 0 radical (unpaired) electrons. The second kappa shape index (κ2) is 5.70. The van der Waals surface area contributed by atoms with Crippen molar-refractivity contribution in [2.45, 2.75) is 6.92 Å². The molecule has 0 amide bonds. The molecule has 0 saturated carbocycles. The van der Waals surface area contributed by atoms with Gasteiger partial charge in [0.05, 0.1) is 18.5 Å². The molecular weight excluding hydrogens is 282 g/mol. The molecule has 2 N–H and O–H groups in total. The Morgan fingerprint density at radius 2 is 1.86 bits per heavy atom. The molecule has 0 unspecified atom stereocenters. The van der Waals surface area contributed by atoms with E-state index >= 15 is 0 Å². The van der Waals surface area contributed by atoms with E-state index in [0.717, 1.165) is 43.4 Å². The standard InChI is InChI=1S/C14H21N7O/c1-10-12(15)13(19(2)18-10)20-6-8-21(9-7-20)14-16-5-4-11(17-14)22-3/h4-5H,6-9,15H2,1-3H3. The van der Waals surface area contributed by atoms with E-state index in [1.807, 2.05) is 18.7 Å². The molecule has 8 heteroatoms. The first-order valence-electron chi connectivity index (χ1n) is 7.26. The van der Waals surface area contributed by atoms with Gasteiger partial charge >= 0.3 is 0 Å². The molecule has 1 aliphatic heterocycles. The van der Waals surface area contributed by atoms with Gasteiger partial charge in [-0.25, -0.2) is 4.98 Å². The van der Waals surface area contributed by atoms with Crippen LogP contribution in [0.1, 0.15) is 5.69 Å². The van der Waals surface area contributed by atoms with Crippen molar-refractivity contribution in [1.29, 1.82) is 0 Å². The lowest BCUT2D eigenvalue weighted by atomic mass is 10.3. The Kier molecular flexibility index (Phi) is 3.74. The highest BCUT2D eigenvalue weighted by Crippen LogP contribution is 2.27. The number of nitrogen functional groups attached to an aromatic ring is 1. The third-order valence-electron chi connectivity index (χ3n) is 3.93. The van der Waals surface area contributed by atoms with Crippen LogP contribution in [0.4, 0.5) is 17.5 Å². The molecule has 0 aliphatic carbocycles. The summed E-state index contributed by atoms with van der Waals surface area (Å²) in [5, 5.41) is 4.38. The quantitative estimate of drug-likeness (QED) is 0.880. The summed E-state index contributed by atoms with van der Waals surface area (Å²) in [5.41, 5.74) is 7.77. The summed E-state index contributed by atoms with van der Waals surface area (Å²) in [6, 6.07) is 1.75. The minimum absolute atomic E-state index is 0.582. The minimum atomic E-state index is 0.582. The molecule has 0 spiro atoms. The smallest absolute Gasteiger partial charge is 0.228 e. The van der Waals surface area contributed by atoms with Crippen molar-refractivity contribution in [1.82, 2.24) is 19.7 Å². The first-order valence-corrected chi connectivity index (χ1v) is 7.26. The number of anilines is 3. The Hall–Kier alpha value is -2.51. The number of methoxy groups -OCH3 is 1. The van der Waals surface area contributed by atoms with E-state index < -0.39 is 0 Å². The average Bonchev–Trinajstić information content (AvgIpc) is 2.80. The van der Waals surface area contributed by atoms with Crippen LogP contribution >= 0.6 is 0 Å². The summed E-state index contributed by atoms with van der Waals surface area (Å²) < 4.78 is 7.00. The number of ether oxygens (including phenoxy) is 1. The minimum Gasteiger partial charge on any atom is -0.481 e. The molecular formula is C14H21N7O. The fourth-order valence-corrected chi connectivity index (χ4v) is 2.75. The summed E-state index contributed by atoms with van der Waals surface area (Å²) in [4.78, 5) is 13.1. The van der Waals surface area contributed by atoms with E-state index in [9.17, 15) is 0 Å². The third kappa shape index (κ3) is 2.51. The second-order valence-electron chi connectivity index (χ2n) is 5.32. The summed E-state index contributed by atoms with van der Waals surface area (Å²) in [6.45, 7) is 5.29. The zero-order valence-electron chi connectivity index (χ0n) is 13.2. The molecule has 2 aromatic heterocycles. The van der Waals surface area contributed by atoms with Gasteiger partial charge in [0.15, 0.2) is 5.82 Å². The molecule has 8 nitrogen and oxygen atoms in total. The predicted molar refractivity (Wildman–Crippen MR) is 85.4 cm³/mol. The van der Waals surface area contributed by atoms with E-state index in [2.05, 4.69) is 24.9 Å². The summed E-state index contributed by atoms with van der Waals surface area (Å²) >= 11 is 0. The number of aryl methyl sites for hydroxylation is 2. The fourth-order valence-electron chi connectivity index (χ4n) is 2.75. The van der Waals surface area contributed by atoms with E-state index in [1.165, 1.54) is 0 Å². The number of nitrogens with two attached hydrogens (primary N) is 1. The molecule has 1 aliphatic rings. The number of hydrogen-bond acceptors (Lipinski definition) is 7. The maximum atomic E-state index is 6.14. The van der Waals surface area contributed by atoms with Crippen molar-refractivity contribution >= 4 is 17.5 Å². The molecule has 0 atom stereocenters. The van der Waals surface area contributed by atoms with Crippen LogP contribution in [0.5, 0.6) is 5.88 Å². The lowest BCUT2D eigenvalue weighted by Gasteiger charge is -2.36. The highest BCUT2D eigenvalue weighted by Gasteiger charge is 2.24. The maximum Gasteiger partial charge on any atom is 0.228 e. The molecule has 118 valence electrons. The zero-order chi connectivity index (χ0) is 15.7. The van der Waals surface area contributed by atoms with Crippen molar-refractivity contribution in [3.63, 3.8) is 0 Å². The topological polar surface area (TPSA) is 85.3 Å². The summed E-state index contributed by atoms with van der Waals surface area (Å²) in [5.74, 6) is 2.27. The van der Waals surface area contributed by atoms with E-state index in [4.69, 9.17) is 10.5 Å². The molecule has 0 aromatic carbocycles. The van der Waals surface area contributed by atoms with Gasteiger partial charge in [-0.05, 0) is 6.92 Å². The molecule has 3 rings (SSSR count). The van der Waals surface area contributed by atoms with Crippen LogP contribution < -0.4 is 20.3 Å². The van der Waals surface area contributed by atoms with Gasteiger partial charge in [-0.15, -0.1) is 0 Å². The monoisotopic (exact) mass is 303 g/mol. The number of hydrogen-bond donors (Lipinski definition) is 1. The van der Waals surface area contributed by atoms with Crippen LogP contribution in [0.3, 0.4) is 0 Å². The maximum absolute atomic E-state index is 6.14. The fraction of sp³-hybridized carbons (Fsp3) is 0.500. The van der Waals surface area contributed by atoms with Crippen LogP contribution in [0, 0.1) is 6.92 Å². The van der Waals surface area contributed by atoms with Crippen LogP contribution in [0.25, 0.3) is 0 Å². The summed E-state index contributed by atoms with van der Waals surface area (Å²) in [6.07, 6.45) is 1.72. The average molecular weight is 303 g/mol. The Morgan fingerprint density at radius 3 is 2.45 bits per heavy atom. The van der Waals surface area contributed by atoms with Gasteiger partial charge in [-0.2, -0.15) is 10.1 Å². The van der Waals surface area contributed by atoms with Crippen molar-refractivity contribution < 1.29 is 4.74 Å². The normalized spacial score (nSPS) is 15.2. The highest BCUT2D eigenvalue weighted by atomic mass is 16.5. The Balaban J connectivity index is 1.72. The van der Waals surface area contributed by atoms with E-state index in [-0.39, 0.29) is 0 Å². The van der Waals surface area contributed by atoms with Crippen LogP contribution in [0.15, 0.2) is 12.3 Å². The van der Waals surface area contributed by atoms with Crippen molar-refractivity contribution in [2.24, 2.45) is 7.05 Å². The van der Waals surface area contributed by atoms with E-state index in [1.54, 1.807) is 19.4 Å². The van der Waals surface area contributed by atoms with Crippen LogP contribution in [0.2, 0.25) is 0 Å². The molecule has 3 heterocycles. The van der Waals surface area contributed by atoms with Gasteiger partial charge in [0.1, 0.15) is 0 Å². The zero-order valence-corrected chi connectivity index (χ0v) is 13.2. The van der Waals surface area contributed by atoms with Crippen LogP contribution in [-0.2, 0) is 7.05 Å².